The standard InChI is InChI=1S/C21H24O5/c1-15(22)11-19(23)18-13-17(12-16-7-5-4-6-8-16)14-20(25-3)21(18)26-10-9-24-2/h4-8,13-14H,9-12H2,1-3H3. The second-order valence-corrected chi connectivity index (χ2v) is 5.98. The van der Waals surface area contributed by atoms with Crippen LogP contribution < -0.4 is 9.47 Å². The Balaban J connectivity index is 2.41. The summed E-state index contributed by atoms with van der Waals surface area (Å²) >= 11 is 0. The zero-order chi connectivity index (χ0) is 18.9. The van der Waals surface area contributed by atoms with Crippen LogP contribution in [0, 0.1) is 0 Å². The van der Waals surface area contributed by atoms with Crippen molar-refractivity contribution in [2.45, 2.75) is 19.8 Å². The van der Waals surface area contributed by atoms with Gasteiger partial charge in [-0.3, -0.25) is 9.59 Å². The fraction of sp³-hybridized carbons (Fsp3) is 0.333. The van der Waals surface area contributed by atoms with E-state index < -0.39 is 0 Å². The minimum atomic E-state index is -0.280. The van der Waals surface area contributed by atoms with Crippen LogP contribution in [0.15, 0.2) is 42.5 Å². The summed E-state index contributed by atoms with van der Waals surface area (Å²) in [6.45, 7) is 2.06. The lowest BCUT2D eigenvalue weighted by Crippen LogP contribution is -2.12. The van der Waals surface area contributed by atoms with E-state index in [0.717, 1.165) is 11.1 Å². The predicted molar refractivity (Wildman–Crippen MR) is 99.2 cm³/mol. The number of ether oxygens (including phenoxy) is 3. The van der Waals surface area contributed by atoms with Crippen molar-refractivity contribution in [2.75, 3.05) is 27.4 Å². The molecule has 0 saturated heterocycles. The Labute approximate surface area is 153 Å². The monoisotopic (exact) mass is 356 g/mol. The first kappa shape index (κ1) is 19.7. The van der Waals surface area contributed by atoms with Gasteiger partial charge in [-0.25, -0.2) is 0 Å². The maximum atomic E-state index is 12.6. The minimum Gasteiger partial charge on any atom is -0.493 e. The number of methoxy groups -OCH3 is 2. The molecule has 2 rings (SSSR count). The van der Waals surface area contributed by atoms with E-state index in [1.54, 1.807) is 13.2 Å². The SMILES string of the molecule is COCCOc1c(OC)cc(Cc2ccccc2)cc1C(=O)CC(C)=O. The predicted octanol–water partition coefficient (Wildman–Crippen LogP) is 3.47. The van der Waals surface area contributed by atoms with Gasteiger partial charge in [-0.05, 0) is 36.6 Å². The van der Waals surface area contributed by atoms with Crippen LogP contribution in [0.5, 0.6) is 11.5 Å². The van der Waals surface area contributed by atoms with Gasteiger partial charge >= 0.3 is 0 Å². The third-order valence-electron chi connectivity index (χ3n) is 3.83. The van der Waals surface area contributed by atoms with Gasteiger partial charge in [0.2, 0.25) is 0 Å². The van der Waals surface area contributed by atoms with Crippen LogP contribution in [0.4, 0.5) is 0 Å². The highest BCUT2D eigenvalue weighted by Crippen LogP contribution is 2.34. The van der Waals surface area contributed by atoms with Crippen LogP contribution in [0.25, 0.3) is 0 Å². The summed E-state index contributed by atoms with van der Waals surface area (Å²) in [5.74, 6) is 0.359. The second kappa shape index (κ2) is 9.73. The summed E-state index contributed by atoms with van der Waals surface area (Å²) in [7, 11) is 3.11. The van der Waals surface area contributed by atoms with Crippen molar-refractivity contribution >= 4 is 11.6 Å². The molecule has 0 aliphatic heterocycles. The van der Waals surface area contributed by atoms with Crippen molar-refractivity contribution in [3.8, 4) is 11.5 Å². The number of benzene rings is 2. The normalized spacial score (nSPS) is 10.4. The largest absolute Gasteiger partial charge is 0.493 e. The highest BCUT2D eigenvalue weighted by Gasteiger charge is 2.20. The first-order valence-corrected chi connectivity index (χ1v) is 8.44. The fourth-order valence-corrected chi connectivity index (χ4v) is 2.65. The van der Waals surface area contributed by atoms with Crippen LogP contribution in [0.2, 0.25) is 0 Å². The van der Waals surface area contributed by atoms with Crippen LogP contribution in [0.1, 0.15) is 34.8 Å². The summed E-state index contributed by atoms with van der Waals surface area (Å²) in [5.41, 5.74) is 2.40. The molecule has 26 heavy (non-hydrogen) atoms. The molecule has 0 saturated carbocycles. The summed E-state index contributed by atoms with van der Waals surface area (Å²) in [4.78, 5) is 24.0. The van der Waals surface area contributed by atoms with E-state index >= 15 is 0 Å². The number of hydrogen-bond acceptors (Lipinski definition) is 5. The van der Waals surface area contributed by atoms with Gasteiger partial charge in [-0.15, -0.1) is 0 Å². The molecule has 0 fully saturated rings. The van der Waals surface area contributed by atoms with Crippen molar-refractivity contribution in [1.82, 2.24) is 0 Å². The van der Waals surface area contributed by atoms with Crippen molar-refractivity contribution in [2.24, 2.45) is 0 Å². The van der Waals surface area contributed by atoms with Crippen molar-refractivity contribution in [1.29, 1.82) is 0 Å². The quantitative estimate of drug-likeness (QED) is 0.371. The molecule has 0 spiro atoms. The lowest BCUT2D eigenvalue weighted by molar-refractivity contribution is -0.116. The van der Waals surface area contributed by atoms with Gasteiger partial charge in [0.1, 0.15) is 12.4 Å². The highest BCUT2D eigenvalue weighted by atomic mass is 16.5. The maximum Gasteiger partial charge on any atom is 0.174 e. The lowest BCUT2D eigenvalue weighted by Gasteiger charge is -2.16. The van der Waals surface area contributed by atoms with Crippen molar-refractivity contribution < 1.29 is 23.8 Å². The van der Waals surface area contributed by atoms with Crippen LogP contribution in [0.3, 0.4) is 0 Å². The van der Waals surface area contributed by atoms with E-state index in [2.05, 4.69) is 0 Å². The Hall–Kier alpha value is -2.66. The van der Waals surface area contributed by atoms with E-state index in [4.69, 9.17) is 14.2 Å². The van der Waals surface area contributed by atoms with Gasteiger partial charge in [0, 0.05) is 7.11 Å². The summed E-state index contributed by atoms with van der Waals surface area (Å²) in [6, 6.07) is 13.6. The molecule has 0 unspecified atom stereocenters. The zero-order valence-corrected chi connectivity index (χ0v) is 15.4. The van der Waals surface area contributed by atoms with E-state index in [-0.39, 0.29) is 24.6 Å². The van der Waals surface area contributed by atoms with Crippen molar-refractivity contribution in [3.63, 3.8) is 0 Å². The lowest BCUT2D eigenvalue weighted by atomic mass is 9.98. The number of rotatable bonds is 10. The molecule has 0 atom stereocenters. The average molecular weight is 356 g/mol. The maximum absolute atomic E-state index is 12.6. The molecular formula is C21H24O5. The molecule has 0 N–H and O–H groups in total. The molecule has 0 bridgehead atoms. The Morgan fingerprint density at radius 3 is 2.31 bits per heavy atom. The Kier molecular flexibility index (Phi) is 7.36. The number of carbonyl (C=O) groups excluding carboxylic acids is 2. The van der Waals surface area contributed by atoms with Crippen LogP contribution in [-0.2, 0) is 16.0 Å². The third kappa shape index (κ3) is 5.43. The summed E-state index contributed by atoms with van der Waals surface area (Å²) in [5, 5.41) is 0. The number of carbonyl (C=O) groups is 2. The summed E-state index contributed by atoms with van der Waals surface area (Å²) < 4.78 is 16.2. The minimum absolute atomic E-state index is 0.168. The first-order valence-electron chi connectivity index (χ1n) is 8.44. The number of ketones is 2. The summed E-state index contributed by atoms with van der Waals surface area (Å²) in [6.07, 6.45) is 0.481. The van der Waals surface area contributed by atoms with Gasteiger partial charge in [0.15, 0.2) is 17.3 Å². The molecule has 5 heteroatoms. The molecule has 2 aromatic carbocycles. The fourth-order valence-electron chi connectivity index (χ4n) is 2.65. The molecule has 0 radical (unpaired) electrons. The van der Waals surface area contributed by atoms with Gasteiger partial charge in [0.25, 0.3) is 0 Å². The van der Waals surface area contributed by atoms with Crippen LogP contribution >= 0.6 is 0 Å². The third-order valence-corrected chi connectivity index (χ3v) is 3.83. The molecule has 5 nitrogen and oxygen atoms in total. The van der Waals surface area contributed by atoms with Gasteiger partial charge in [-0.2, -0.15) is 0 Å². The van der Waals surface area contributed by atoms with Gasteiger partial charge in [-0.1, -0.05) is 30.3 Å². The van der Waals surface area contributed by atoms with E-state index in [1.807, 2.05) is 36.4 Å². The molecular weight excluding hydrogens is 332 g/mol. The molecule has 0 amide bonds. The van der Waals surface area contributed by atoms with Gasteiger partial charge < -0.3 is 14.2 Å². The molecule has 0 aliphatic rings. The Morgan fingerprint density at radius 1 is 0.962 bits per heavy atom. The molecule has 0 heterocycles. The Bertz CT molecular complexity index is 752. The zero-order valence-electron chi connectivity index (χ0n) is 15.4. The second-order valence-electron chi connectivity index (χ2n) is 5.98. The number of hydrogen-bond donors (Lipinski definition) is 0. The molecule has 138 valence electrons. The first-order chi connectivity index (χ1) is 12.5. The number of Topliss-reactive ketones (excluding diaryl/α,β-unsaturated/α-hetero) is 2. The Morgan fingerprint density at radius 2 is 1.69 bits per heavy atom. The van der Waals surface area contributed by atoms with Crippen LogP contribution in [-0.4, -0.2) is 39.0 Å². The molecule has 0 aliphatic carbocycles. The van der Waals surface area contributed by atoms with E-state index in [9.17, 15) is 9.59 Å². The van der Waals surface area contributed by atoms with Gasteiger partial charge in [0.05, 0.1) is 25.7 Å². The topological polar surface area (TPSA) is 61.8 Å². The van der Waals surface area contributed by atoms with E-state index in [1.165, 1.54) is 14.0 Å². The van der Waals surface area contributed by atoms with Crippen molar-refractivity contribution in [3.05, 3.63) is 59.2 Å². The molecule has 2 aromatic rings. The van der Waals surface area contributed by atoms with E-state index in [0.29, 0.717) is 30.1 Å². The molecule has 0 aromatic heterocycles. The average Bonchev–Trinajstić information content (AvgIpc) is 2.62. The smallest absolute Gasteiger partial charge is 0.174 e. The highest BCUT2D eigenvalue weighted by molar-refractivity contribution is 6.09.